The van der Waals surface area contributed by atoms with Crippen LogP contribution in [-0.2, 0) is 0 Å². The fraction of sp³-hybridized carbons (Fsp3) is 0.261. The lowest BCUT2D eigenvalue weighted by Crippen LogP contribution is -2.46. The number of rotatable bonds is 6. The van der Waals surface area contributed by atoms with Gasteiger partial charge in [-0.15, -0.1) is 0 Å². The predicted octanol–water partition coefficient (Wildman–Crippen LogP) is 5.20. The van der Waals surface area contributed by atoms with Crippen LogP contribution in [-0.4, -0.2) is 26.7 Å². The predicted molar refractivity (Wildman–Crippen MR) is 119 cm³/mol. The van der Waals surface area contributed by atoms with Gasteiger partial charge in [-0.1, -0.05) is 79.2 Å². The largest absolute Gasteiger partial charge is 0.351 e. The van der Waals surface area contributed by atoms with Gasteiger partial charge in [-0.05, 0) is 31.1 Å². The normalized spacial score (nSPS) is 16.8. The number of benzene rings is 2. The molecule has 4 rings (SSSR count). The summed E-state index contributed by atoms with van der Waals surface area (Å²) < 4.78 is 5.74. The van der Waals surface area contributed by atoms with Gasteiger partial charge in [-0.25, -0.2) is 0 Å². The molecule has 0 radical (unpaired) electrons. The van der Waals surface area contributed by atoms with Gasteiger partial charge >= 0.3 is 0 Å². The van der Waals surface area contributed by atoms with Crippen molar-refractivity contribution in [3.63, 3.8) is 0 Å². The number of hydrogen-bond acceptors (Lipinski definition) is 4. The van der Waals surface area contributed by atoms with Crippen LogP contribution < -0.4 is 5.32 Å². The molecular weight excluding hydrogens is 380 g/mol. The summed E-state index contributed by atoms with van der Waals surface area (Å²) in [7, 11) is 0. The van der Waals surface area contributed by atoms with Crippen molar-refractivity contribution >= 4 is 22.9 Å². The second-order valence-corrected chi connectivity index (χ2v) is 7.47. The van der Waals surface area contributed by atoms with Gasteiger partial charge in [0.25, 0.3) is 5.89 Å². The van der Waals surface area contributed by atoms with Crippen molar-refractivity contribution in [2.24, 2.45) is 0 Å². The van der Waals surface area contributed by atoms with Crippen LogP contribution in [0.15, 0.2) is 70.9 Å². The van der Waals surface area contributed by atoms with Crippen molar-refractivity contribution in [1.29, 1.82) is 0 Å². The lowest BCUT2D eigenvalue weighted by molar-refractivity contribution is 0.395. The number of hydrogen-bond donors (Lipinski definition) is 1. The summed E-state index contributed by atoms with van der Waals surface area (Å²) in [5, 5.41) is 8.46. The number of thiocarbonyl (C=S) groups is 1. The van der Waals surface area contributed by atoms with E-state index in [1.54, 1.807) is 0 Å². The molecule has 2 aromatic carbocycles. The molecule has 29 heavy (non-hydrogen) atoms. The van der Waals surface area contributed by atoms with Crippen LogP contribution in [0.5, 0.6) is 0 Å². The van der Waals surface area contributed by atoms with Crippen LogP contribution >= 0.6 is 12.2 Å². The number of aromatic nitrogens is 2. The topological polar surface area (TPSA) is 54.2 Å². The molecule has 0 saturated heterocycles. The maximum Gasteiger partial charge on any atom is 0.258 e. The van der Waals surface area contributed by atoms with Crippen molar-refractivity contribution in [3.05, 3.63) is 77.8 Å². The summed E-state index contributed by atoms with van der Waals surface area (Å²) >= 11 is 5.69. The average Bonchev–Trinajstić information content (AvgIpc) is 3.24. The Kier molecular flexibility index (Phi) is 5.71. The summed E-state index contributed by atoms with van der Waals surface area (Å²) in [5.74, 6) is 1.10. The Labute approximate surface area is 176 Å². The Bertz CT molecular complexity index is 1010. The number of nitrogens with one attached hydrogen (secondary N) is 1. The van der Waals surface area contributed by atoms with Gasteiger partial charge in [0.1, 0.15) is 0 Å². The van der Waals surface area contributed by atoms with Crippen LogP contribution in [0.2, 0.25) is 0 Å². The van der Waals surface area contributed by atoms with Gasteiger partial charge < -0.3 is 14.7 Å². The minimum atomic E-state index is -0.134. The minimum absolute atomic E-state index is 0.134. The van der Waals surface area contributed by atoms with Crippen molar-refractivity contribution in [2.45, 2.75) is 32.7 Å². The number of unbranched alkanes of at least 4 members (excludes halogenated alkanes) is 1. The monoisotopic (exact) mass is 404 g/mol. The summed E-state index contributed by atoms with van der Waals surface area (Å²) in [6.45, 7) is 5.12. The smallest absolute Gasteiger partial charge is 0.258 e. The number of nitrogens with zero attached hydrogens (tertiary/aromatic N) is 3. The molecule has 1 atom stereocenters. The zero-order valence-electron chi connectivity index (χ0n) is 16.6. The fourth-order valence-electron chi connectivity index (χ4n) is 3.58. The highest BCUT2D eigenvalue weighted by molar-refractivity contribution is 7.80. The molecule has 1 N–H and O–H groups in total. The third-order valence-corrected chi connectivity index (χ3v) is 5.49. The number of allylic oxidation sites excluding steroid dienone is 1. The molecule has 0 fully saturated rings. The zero-order chi connectivity index (χ0) is 20.2. The first-order valence-corrected chi connectivity index (χ1v) is 10.3. The molecule has 0 saturated carbocycles. The van der Waals surface area contributed by atoms with Crippen LogP contribution in [0.4, 0.5) is 0 Å². The maximum absolute atomic E-state index is 5.74. The minimum Gasteiger partial charge on any atom is -0.351 e. The van der Waals surface area contributed by atoms with E-state index in [1.807, 2.05) is 48.5 Å². The molecule has 2 heterocycles. The molecule has 3 aromatic rings. The molecule has 148 valence electrons. The van der Waals surface area contributed by atoms with Crippen molar-refractivity contribution in [2.75, 3.05) is 6.54 Å². The van der Waals surface area contributed by atoms with E-state index >= 15 is 0 Å². The summed E-state index contributed by atoms with van der Waals surface area (Å²) in [5.41, 5.74) is 4.06. The van der Waals surface area contributed by atoms with E-state index in [2.05, 4.69) is 41.4 Å². The Morgan fingerprint density at radius 1 is 1.07 bits per heavy atom. The molecule has 0 aliphatic carbocycles. The zero-order valence-corrected chi connectivity index (χ0v) is 17.4. The van der Waals surface area contributed by atoms with Gasteiger partial charge in [0, 0.05) is 17.8 Å². The summed E-state index contributed by atoms with van der Waals surface area (Å²) in [6.07, 6.45) is 2.16. The van der Waals surface area contributed by atoms with Crippen molar-refractivity contribution in [3.8, 4) is 11.4 Å². The molecule has 1 aromatic heterocycles. The first-order chi connectivity index (χ1) is 14.2. The van der Waals surface area contributed by atoms with Gasteiger partial charge in [0.05, 0.1) is 11.6 Å². The molecule has 1 aliphatic rings. The van der Waals surface area contributed by atoms with Crippen molar-refractivity contribution < 1.29 is 4.52 Å². The first kappa shape index (κ1) is 19.3. The second-order valence-electron chi connectivity index (χ2n) is 7.09. The van der Waals surface area contributed by atoms with Gasteiger partial charge in [0.2, 0.25) is 5.82 Å². The average molecular weight is 405 g/mol. The Morgan fingerprint density at radius 3 is 2.45 bits per heavy atom. The third kappa shape index (κ3) is 3.93. The molecule has 0 amide bonds. The van der Waals surface area contributed by atoms with E-state index < -0.39 is 0 Å². The molecule has 1 unspecified atom stereocenters. The van der Waals surface area contributed by atoms with E-state index in [1.165, 1.54) is 0 Å². The highest BCUT2D eigenvalue weighted by atomic mass is 32.1. The van der Waals surface area contributed by atoms with Crippen LogP contribution in [0.3, 0.4) is 0 Å². The Hall–Kier alpha value is -2.99. The van der Waals surface area contributed by atoms with E-state index in [0.717, 1.165) is 46.9 Å². The van der Waals surface area contributed by atoms with E-state index in [9.17, 15) is 0 Å². The molecular formula is C23H24N4OS. The molecule has 0 spiro atoms. The van der Waals surface area contributed by atoms with Crippen LogP contribution in [0, 0.1) is 0 Å². The fourth-order valence-corrected chi connectivity index (χ4v) is 3.92. The molecule has 0 bridgehead atoms. The van der Waals surface area contributed by atoms with Gasteiger partial charge in [-0.3, -0.25) is 0 Å². The molecule has 6 heteroatoms. The quantitative estimate of drug-likeness (QED) is 0.570. The Morgan fingerprint density at radius 2 is 1.76 bits per heavy atom. The van der Waals surface area contributed by atoms with E-state index in [4.69, 9.17) is 21.7 Å². The van der Waals surface area contributed by atoms with Crippen molar-refractivity contribution in [1.82, 2.24) is 20.4 Å². The highest BCUT2D eigenvalue weighted by Crippen LogP contribution is 2.37. The summed E-state index contributed by atoms with van der Waals surface area (Å²) in [6, 6.07) is 20.0. The Balaban J connectivity index is 1.79. The van der Waals surface area contributed by atoms with Crippen LogP contribution in [0.1, 0.15) is 44.2 Å². The summed E-state index contributed by atoms with van der Waals surface area (Å²) in [4.78, 5) is 6.86. The lowest BCUT2D eigenvalue weighted by atomic mass is 9.95. The lowest BCUT2D eigenvalue weighted by Gasteiger charge is -2.37. The third-order valence-electron chi connectivity index (χ3n) is 5.15. The second kappa shape index (κ2) is 8.57. The first-order valence-electron chi connectivity index (χ1n) is 9.92. The highest BCUT2D eigenvalue weighted by Gasteiger charge is 2.33. The maximum atomic E-state index is 5.74. The molecule has 5 nitrogen and oxygen atoms in total. The van der Waals surface area contributed by atoms with Gasteiger partial charge in [0.15, 0.2) is 5.11 Å². The van der Waals surface area contributed by atoms with Crippen LogP contribution in [0.25, 0.3) is 17.0 Å². The van der Waals surface area contributed by atoms with E-state index in [0.29, 0.717) is 11.7 Å². The standard InChI is InChI=1S/C23H24N4OS/c1-3-4-15-27-16(2)19(20(24-23(27)29)17-11-7-5-8-12-17)22-25-21(26-28-22)18-13-9-6-10-14-18/h5-14,20H,3-4,15H2,1-2H3,(H,24,29). The van der Waals surface area contributed by atoms with E-state index in [-0.39, 0.29) is 6.04 Å². The molecule has 1 aliphatic heterocycles. The van der Waals surface area contributed by atoms with Gasteiger partial charge in [-0.2, -0.15) is 4.98 Å². The SMILES string of the molecule is CCCCN1C(=S)NC(c2ccccc2)C(c2nc(-c3ccccc3)no2)=C1C.